The van der Waals surface area contributed by atoms with Gasteiger partial charge < -0.3 is 0 Å². The van der Waals surface area contributed by atoms with Crippen LogP contribution in [0.25, 0.3) is 0 Å². The molecule has 0 aromatic rings. The molecule has 1 nitrogen and oxygen atoms in total. The van der Waals surface area contributed by atoms with E-state index < -0.39 is 0 Å². The Hall–Kier alpha value is 0.400. The van der Waals surface area contributed by atoms with Crippen molar-refractivity contribution in [2.45, 2.75) is 115 Å². The number of Topliss-reactive ketones (excluding diaryl/α,β-unsaturated/α-hetero) is 1. The number of ketones is 1. The van der Waals surface area contributed by atoms with Crippen molar-refractivity contribution in [3.63, 3.8) is 0 Å². The summed E-state index contributed by atoms with van der Waals surface area (Å²) in [5.74, 6) is 5.49. The molecule has 0 unspecified atom stereocenters. The first-order valence-electron chi connectivity index (χ1n) is 12.9. The summed E-state index contributed by atoms with van der Waals surface area (Å²) in [6.07, 6.45) is 15.8. The van der Waals surface area contributed by atoms with Crippen LogP contribution in [0.2, 0.25) is 0 Å². The maximum Gasteiger partial charge on any atom is 0.149 e. The van der Waals surface area contributed by atoms with Crippen LogP contribution in [0.15, 0.2) is 0 Å². The molecule has 0 saturated heterocycles. The molecule has 0 spiro atoms. The normalized spacial score (nSPS) is 48.2. The molecule has 4 saturated carbocycles. The zero-order chi connectivity index (χ0) is 21.0. The Kier molecular flexibility index (Phi) is 6.29. The van der Waals surface area contributed by atoms with Crippen molar-refractivity contribution in [2.75, 3.05) is 0 Å². The lowest BCUT2D eigenvalue weighted by atomic mass is 9.44. The molecule has 0 amide bonds. The minimum Gasteiger partial charge on any atom is -0.298 e. The van der Waals surface area contributed by atoms with E-state index in [1.165, 1.54) is 64.2 Å². The molecule has 0 aromatic carbocycles. The van der Waals surface area contributed by atoms with Gasteiger partial charge in [-0.15, -0.1) is 0 Å². The minimum absolute atomic E-state index is 0.0555. The second-order valence-corrected chi connectivity index (χ2v) is 14.3. The number of fused-ring (bicyclic) bond motifs is 5. The van der Waals surface area contributed by atoms with Crippen molar-refractivity contribution in [1.29, 1.82) is 0 Å². The van der Waals surface area contributed by atoms with E-state index in [4.69, 9.17) is 0 Å². The molecule has 0 radical (unpaired) electrons. The molecular weight excluding hydrogens is 467 g/mol. The molecule has 29 heavy (non-hydrogen) atoms. The summed E-state index contributed by atoms with van der Waals surface area (Å²) in [5, 5.41) is 0. The Morgan fingerprint density at radius 3 is 2.41 bits per heavy atom. The highest BCUT2D eigenvalue weighted by atomic mass is 127. The number of hydrogen-bond donors (Lipinski definition) is 0. The van der Waals surface area contributed by atoms with Crippen molar-refractivity contribution in [3.8, 4) is 0 Å². The van der Waals surface area contributed by atoms with Crippen molar-refractivity contribution in [2.24, 2.45) is 46.3 Å². The van der Waals surface area contributed by atoms with Crippen molar-refractivity contribution in [3.05, 3.63) is 0 Å². The van der Waals surface area contributed by atoms with Gasteiger partial charge in [-0.25, -0.2) is 0 Å². The highest BCUT2D eigenvalue weighted by Crippen LogP contribution is 2.70. The monoisotopic (exact) mass is 512 g/mol. The van der Waals surface area contributed by atoms with Gasteiger partial charge in [-0.2, -0.15) is 0 Å². The Morgan fingerprint density at radius 2 is 1.69 bits per heavy atom. The van der Waals surface area contributed by atoms with E-state index in [9.17, 15) is 4.79 Å². The predicted octanol–water partition coefficient (Wildman–Crippen LogP) is 8.23. The van der Waals surface area contributed by atoms with Crippen molar-refractivity contribution < 1.29 is 4.79 Å². The van der Waals surface area contributed by atoms with Crippen LogP contribution in [0.3, 0.4) is 0 Å². The number of halogens is 1. The second kappa shape index (κ2) is 8.07. The smallest absolute Gasteiger partial charge is 0.149 e. The van der Waals surface area contributed by atoms with E-state index in [2.05, 4.69) is 57.2 Å². The topological polar surface area (TPSA) is 17.1 Å². The third-order valence-corrected chi connectivity index (χ3v) is 13.1. The molecule has 4 fully saturated rings. The third-order valence-electron chi connectivity index (χ3n) is 10.7. The number of rotatable bonds is 5. The van der Waals surface area contributed by atoms with Gasteiger partial charge in [0, 0.05) is 6.42 Å². The largest absolute Gasteiger partial charge is 0.298 e. The standard InChI is InChI=1S/C27H45IO/c1-18(2)9-8-10-19(3)21-11-12-22-20-17-24(29)27(28)15-7-6-14-26(27,5)23(20)13-16-25(21,22)4/h18-23H,6-17H2,1-5H3/t19-,20+,21-,22+,23+,25-,26-,27+/m1/s1. The molecular formula is C27H45IO. The molecule has 4 aliphatic rings. The summed E-state index contributed by atoms with van der Waals surface area (Å²) >= 11 is 2.63. The zero-order valence-corrected chi connectivity index (χ0v) is 21.9. The van der Waals surface area contributed by atoms with Crippen LogP contribution >= 0.6 is 22.6 Å². The van der Waals surface area contributed by atoms with Gasteiger partial charge in [0.15, 0.2) is 0 Å². The lowest BCUT2D eigenvalue weighted by Crippen LogP contribution is -2.62. The van der Waals surface area contributed by atoms with Gasteiger partial charge in [0.05, 0.1) is 3.42 Å². The fourth-order valence-electron chi connectivity index (χ4n) is 9.05. The summed E-state index contributed by atoms with van der Waals surface area (Å²) in [7, 11) is 0. The van der Waals surface area contributed by atoms with Gasteiger partial charge in [-0.05, 0) is 84.9 Å². The molecule has 2 heteroatoms. The molecule has 0 aromatic heterocycles. The molecule has 4 rings (SSSR count). The molecule has 166 valence electrons. The van der Waals surface area contributed by atoms with Crippen LogP contribution < -0.4 is 0 Å². The van der Waals surface area contributed by atoms with Crippen LogP contribution in [0.1, 0.15) is 112 Å². The van der Waals surface area contributed by atoms with Crippen molar-refractivity contribution in [1.82, 2.24) is 0 Å². The van der Waals surface area contributed by atoms with Gasteiger partial charge in [0.1, 0.15) is 5.78 Å². The fraction of sp³-hybridized carbons (Fsp3) is 0.963. The fourth-order valence-corrected chi connectivity index (χ4v) is 10.3. The Bertz CT molecular complexity index is 628. The number of carbonyl (C=O) groups excluding carboxylic acids is 1. The van der Waals surface area contributed by atoms with Crippen LogP contribution in [-0.4, -0.2) is 9.20 Å². The summed E-state index contributed by atoms with van der Waals surface area (Å²) in [4.78, 5) is 13.5. The maximum atomic E-state index is 13.5. The Balaban J connectivity index is 1.53. The average molecular weight is 513 g/mol. The number of carbonyl (C=O) groups is 1. The summed E-state index contributed by atoms with van der Waals surface area (Å²) in [6, 6.07) is 0. The summed E-state index contributed by atoms with van der Waals surface area (Å²) < 4.78 is -0.0555. The molecule has 4 aliphatic carbocycles. The Labute approximate surface area is 194 Å². The zero-order valence-electron chi connectivity index (χ0n) is 19.7. The lowest BCUT2D eigenvalue weighted by molar-refractivity contribution is -0.146. The van der Waals surface area contributed by atoms with Crippen LogP contribution in [0.4, 0.5) is 0 Å². The first-order valence-corrected chi connectivity index (χ1v) is 13.9. The summed E-state index contributed by atoms with van der Waals surface area (Å²) in [6.45, 7) is 12.4. The quantitative estimate of drug-likeness (QED) is 0.268. The predicted molar refractivity (Wildman–Crippen MR) is 131 cm³/mol. The Morgan fingerprint density at radius 1 is 0.966 bits per heavy atom. The number of hydrogen-bond acceptors (Lipinski definition) is 1. The van der Waals surface area contributed by atoms with Crippen LogP contribution in [-0.2, 0) is 4.79 Å². The van der Waals surface area contributed by atoms with E-state index >= 15 is 0 Å². The second-order valence-electron chi connectivity index (χ2n) is 12.5. The number of alkyl halides is 1. The van der Waals surface area contributed by atoms with E-state index in [-0.39, 0.29) is 8.84 Å². The van der Waals surface area contributed by atoms with Gasteiger partial charge in [0.2, 0.25) is 0 Å². The van der Waals surface area contributed by atoms with E-state index in [0.717, 1.165) is 42.4 Å². The first kappa shape index (κ1) is 22.6. The maximum absolute atomic E-state index is 13.5. The molecule has 0 heterocycles. The first-order chi connectivity index (χ1) is 13.6. The molecule has 0 bridgehead atoms. The van der Waals surface area contributed by atoms with Crippen LogP contribution in [0, 0.1) is 46.3 Å². The summed E-state index contributed by atoms with van der Waals surface area (Å²) in [5.41, 5.74) is 0.753. The average Bonchev–Trinajstić information content (AvgIpc) is 3.01. The van der Waals surface area contributed by atoms with E-state index in [1.54, 1.807) is 0 Å². The van der Waals surface area contributed by atoms with Gasteiger partial charge >= 0.3 is 0 Å². The van der Waals surface area contributed by atoms with Crippen molar-refractivity contribution >= 4 is 28.4 Å². The molecule has 0 N–H and O–H groups in total. The lowest BCUT2D eigenvalue weighted by Gasteiger charge is -2.63. The highest BCUT2D eigenvalue weighted by molar-refractivity contribution is 14.1. The van der Waals surface area contributed by atoms with Crippen LogP contribution in [0.5, 0.6) is 0 Å². The third kappa shape index (κ3) is 3.48. The highest BCUT2D eigenvalue weighted by Gasteiger charge is 2.66. The van der Waals surface area contributed by atoms with E-state index in [1.807, 2.05) is 0 Å². The SMILES string of the molecule is CC(C)CCC[C@@H](C)[C@H]1CC[C@H]2[C@@H]3CC(=O)[C@@]4(I)CCCC[C@]4(C)[C@H]3CC[C@]12C. The minimum atomic E-state index is -0.0555. The van der Waals surface area contributed by atoms with Gasteiger partial charge in [0.25, 0.3) is 0 Å². The van der Waals surface area contributed by atoms with Gasteiger partial charge in [-0.1, -0.05) is 89.3 Å². The molecule has 0 aliphatic heterocycles. The van der Waals surface area contributed by atoms with E-state index in [0.29, 0.717) is 17.1 Å². The van der Waals surface area contributed by atoms with Gasteiger partial charge in [-0.3, -0.25) is 4.79 Å². The molecule has 8 atom stereocenters.